The lowest BCUT2D eigenvalue weighted by atomic mass is 9.98. The molecule has 4 nitrogen and oxygen atoms in total. The van der Waals surface area contributed by atoms with E-state index in [1.165, 1.54) is 32.1 Å². The van der Waals surface area contributed by atoms with Crippen LogP contribution in [-0.4, -0.2) is 22.2 Å². The zero-order chi connectivity index (χ0) is 34.3. The first-order valence-corrected chi connectivity index (χ1v) is 18.0. The van der Waals surface area contributed by atoms with Crippen LogP contribution in [0.3, 0.4) is 0 Å². The molecule has 0 aromatic heterocycles. The summed E-state index contributed by atoms with van der Waals surface area (Å²) >= 11 is 0. The van der Waals surface area contributed by atoms with E-state index in [-0.39, 0.29) is 12.8 Å². The Hall–Kier alpha value is -3.66. The molecule has 2 N–H and O–H groups in total. The summed E-state index contributed by atoms with van der Waals surface area (Å²) in [6.07, 6.45) is 61.4. The van der Waals surface area contributed by atoms with Crippen molar-refractivity contribution in [1.82, 2.24) is 0 Å². The van der Waals surface area contributed by atoms with Crippen LogP contribution < -0.4 is 0 Å². The molecule has 0 aromatic carbocycles. The summed E-state index contributed by atoms with van der Waals surface area (Å²) in [5.74, 6) is -0.668. The molecular weight excluding hydrogens is 580 g/mol. The number of unbranched alkanes of at least 4 members (excludes halogenated alkanes) is 3. The third-order valence-electron chi connectivity index (χ3n) is 7.26. The Morgan fingerprint density at radius 2 is 0.638 bits per heavy atom. The van der Waals surface area contributed by atoms with E-state index >= 15 is 0 Å². The van der Waals surface area contributed by atoms with E-state index in [4.69, 9.17) is 10.2 Å². The van der Waals surface area contributed by atoms with Crippen LogP contribution in [0.25, 0.3) is 0 Å². The number of aliphatic carboxylic acids is 2. The highest BCUT2D eigenvalue weighted by atomic mass is 16.4. The van der Waals surface area contributed by atoms with Gasteiger partial charge in [-0.05, 0) is 109 Å². The first-order chi connectivity index (χ1) is 23.0. The number of carbonyl (C=O) groups is 2. The van der Waals surface area contributed by atoms with Crippen molar-refractivity contribution in [3.8, 4) is 0 Å². The Labute approximate surface area is 287 Å². The lowest BCUT2D eigenvalue weighted by molar-refractivity contribution is -0.138. The molecule has 0 bridgehead atoms. The van der Waals surface area contributed by atoms with Crippen molar-refractivity contribution in [3.05, 3.63) is 122 Å². The molecule has 0 saturated carbocycles. The first kappa shape index (κ1) is 43.3. The van der Waals surface area contributed by atoms with Crippen molar-refractivity contribution < 1.29 is 19.8 Å². The van der Waals surface area contributed by atoms with Gasteiger partial charge in [-0.3, -0.25) is 9.59 Å². The van der Waals surface area contributed by atoms with Crippen LogP contribution in [0.15, 0.2) is 122 Å². The Balaban J connectivity index is 3.61. The van der Waals surface area contributed by atoms with Gasteiger partial charge in [-0.25, -0.2) is 0 Å². The zero-order valence-corrected chi connectivity index (χ0v) is 29.3. The molecule has 4 heteroatoms. The number of hydrogen-bond donors (Lipinski definition) is 2. The van der Waals surface area contributed by atoms with E-state index in [0.29, 0.717) is 12.8 Å². The molecule has 1 unspecified atom stereocenters. The third-order valence-corrected chi connectivity index (χ3v) is 7.26. The maximum atomic E-state index is 10.4. The highest BCUT2D eigenvalue weighted by Crippen LogP contribution is 2.15. The van der Waals surface area contributed by atoms with Crippen molar-refractivity contribution in [3.63, 3.8) is 0 Å². The van der Waals surface area contributed by atoms with Gasteiger partial charge < -0.3 is 10.2 Å². The fourth-order valence-electron chi connectivity index (χ4n) is 4.49. The summed E-state index contributed by atoms with van der Waals surface area (Å²) in [5.41, 5.74) is 0. The molecule has 260 valence electrons. The molecule has 0 aliphatic rings. The number of hydrogen-bond acceptors (Lipinski definition) is 2. The first-order valence-electron chi connectivity index (χ1n) is 18.0. The molecule has 0 amide bonds. The Morgan fingerprint density at radius 1 is 0.383 bits per heavy atom. The summed E-state index contributed by atoms with van der Waals surface area (Å²) in [7, 11) is 0. The summed E-state index contributed by atoms with van der Waals surface area (Å²) < 4.78 is 0. The molecule has 47 heavy (non-hydrogen) atoms. The van der Waals surface area contributed by atoms with Gasteiger partial charge in [0.15, 0.2) is 0 Å². The maximum Gasteiger partial charge on any atom is 0.303 e. The van der Waals surface area contributed by atoms with Crippen molar-refractivity contribution in [1.29, 1.82) is 0 Å². The molecule has 0 aromatic rings. The quantitative estimate of drug-likeness (QED) is 0.0581. The second-order valence-electron chi connectivity index (χ2n) is 11.8. The molecule has 0 radical (unpaired) electrons. The van der Waals surface area contributed by atoms with Crippen LogP contribution in [-0.2, 0) is 9.59 Å². The molecule has 0 saturated heterocycles. The van der Waals surface area contributed by atoms with Crippen LogP contribution in [0.5, 0.6) is 0 Å². The van der Waals surface area contributed by atoms with Gasteiger partial charge in [0.05, 0.1) is 0 Å². The number of carboxylic acid groups (broad SMARTS) is 2. The molecule has 0 rings (SSSR count). The second-order valence-corrected chi connectivity index (χ2v) is 11.8. The maximum absolute atomic E-state index is 10.4. The summed E-state index contributed by atoms with van der Waals surface area (Å²) in [6.45, 7) is 2.37. The fourth-order valence-corrected chi connectivity index (χ4v) is 4.49. The largest absolute Gasteiger partial charge is 0.481 e. The van der Waals surface area contributed by atoms with E-state index < -0.39 is 11.9 Å². The molecule has 0 aliphatic carbocycles. The average Bonchev–Trinajstić information content (AvgIpc) is 3.04. The Morgan fingerprint density at radius 3 is 0.936 bits per heavy atom. The summed E-state index contributed by atoms with van der Waals surface area (Å²) in [5, 5.41) is 17.2. The van der Waals surface area contributed by atoms with Crippen LogP contribution in [0, 0.1) is 5.92 Å². The molecule has 0 fully saturated rings. The predicted molar refractivity (Wildman–Crippen MR) is 204 cm³/mol. The second kappa shape index (κ2) is 36.8. The van der Waals surface area contributed by atoms with E-state index in [9.17, 15) is 9.59 Å². The molecule has 0 heterocycles. The zero-order valence-electron chi connectivity index (χ0n) is 29.3. The number of rotatable bonds is 31. The summed E-state index contributed by atoms with van der Waals surface area (Å²) in [4.78, 5) is 20.9. The Kier molecular flexibility index (Phi) is 33.9. The molecule has 0 spiro atoms. The van der Waals surface area contributed by atoms with Crippen LogP contribution in [0.4, 0.5) is 0 Å². The van der Waals surface area contributed by atoms with Crippen molar-refractivity contribution >= 4 is 11.9 Å². The highest BCUT2D eigenvalue weighted by Gasteiger charge is 1.99. The minimum absolute atomic E-state index is 0.247. The molecular formula is C43H64O4. The number of allylic oxidation sites excluding steroid dienone is 20. The van der Waals surface area contributed by atoms with Crippen LogP contribution in [0.2, 0.25) is 0 Å². The highest BCUT2D eigenvalue weighted by molar-refractivity contribution is 5.66. The van der Waals surface area contributed by atoms with Crippen molar-refractivity contribution in [2.75, 3.05) is 0 Å². The van der Waals surface area contributed by atoms with Gasteiger partial charge >= 0.3 is 11.9 Å². The molecule has 0 aliphatic heterocycles. The predicted octanol–water partition coefficient (Wildman–Crippen LogP) is 12.8. The minimum Gasteiger partial charge on any atom is -0.481 e. The van der Waals surface area contributed by atoms with Gasteiger partial charge in [0.2, 0.25) is 0 Å². The molecule has 1 atom stereocenters. The topological polar surface area (TPSA) is 74.6 Å². The Bertz CT molecular complexity index is 1050. The lowest BCUT2D eigenvalue weighted by Gasteiger charge is -2.08. The van der Waals surface area contributed by atoms with Gasteiger partial charge in [0, 0.05) is 12.8 Å². The van der Waals surface area contributed by atoms with E-state index in [2.05, 4.69) is 128 Å². The standard InChI is InChI=1S/C43H64O4/c1-41(38-34-30-26-22-18-14-10-6-4-8-12-16-20-24-28-32-36-40-43(46)47)37-33-29-25-21-17-13-9-5-2-3-7-11-15-19-23-27-31-35-39-42(44)45/h2-4,6,9,11-16,18,21,23-28,30,41H,5,7-8,10,17,19-20,22,29,31-40H2,1H3,(H,44,45)(H,46,47). The van der Waals surface area contributed by atoms with Gasteiger partial charge in [-0.1, -0.05) is 135 Å². The van der Waals surface area contributed by atoms with Crippen LogP contribution >= 0.6 is 0 Å². The van der Waals surface area contributed by atoms with Gasteiger partial charge in [-0.15, -0.1) is 0 Å². The van der Waals surface area contributed by atoms with Crippen molar-refractivity contribution in [2.45, 2.75) is 129 Å². The normalized spacial score (nSPS) is 13.8. The van der Waals surface area contributed by atoms with Crippen LogP contribution in [0.1, 0.15) is 129 Å². The third kappa shape index (κ3) is 40.3. The van der Waals surface area contributed by atoms with E-state index in [0.717, 1.165) is 70.1 Å². The number of carboxylic acids is 2. The monoisotopic (exact) mass is 644 g/mol. The van der Waals surface area contributed by atoms with E-state index in [1.54, 1.807) is 0 Å². The van der Waals surface area contributed by atoms with Gasteiger partial charge in [0.1, 0.15) is 0 Å². The van der Waals surface area contributed by atoms with Gasteiger partial charge in [-0.2, -0.15) is 0 Å². The van der Waals surface area contributed by atoms with Gasteiger partial charge in [0.25, 0.3) is 0 Å². The SMILES string of the molecule is CC(CCC=CCC=CCC=CCC=CCC=CCCCC(=O)O)CCCC=CCC=CCC=CCC=CCC=CCCCC(=O)O. The summed E-state index contributed by atoms with van der Waals surface area (Å²) in [6, 6.07) is 0. The minimum atomic E-state index is -0.721. The average molecular weight is 645 g/mol. The smallest absolute Gasteiger partial charge is 0.303 e. The lowest BCUT2D eigenvalue weighted by Crippen LogP contribution is -1.93. The van der Waals surface area contributed by atoms with E-state index in [1.807, 2.05) is 0 Å². The van der Waals surface area contributed by atoms with Crippen molar-refractivity contribution in [2.24, 2.45) is 5.92 Å². The fraction of sp³-hybridized carbons (Fsp3) is 0.488.